The molecule has 2 aromatic carbocycles. The number of rotatable bonds is 35. The normalized spacial score (nSPS) is 28.2. The number of aliphatic hydroxyl groups excluding tert-OH is 3. The Kier molecular flexibility index (Phi) is 32.3. The van der Waals surface area contributed by atoms with Gasteiger partial charge in [-0.2, -0.15) is 10.6 Å². The number of aliphatic hydroxyl groups is 4. The van der Waals surface area contributed by atoms with Crippen LogP contribution in [0.3, 0.4) is 0 Å². The number of carbonyl (C=O) groups is 6. The van der Waals surface area contributed by atoms with E-state index in [4.69, 9.17) is 71.2 Å². The molecule has 17 atom stereocenters. The van der Waals surface area contributed by atoms with Crippen LogP contribution in [-0.2, 0) is 71.4 Å². The van der Waals surface area contributed by atoms with E-state index in [-0.39, 0.29) is 109 Å². The zero-order chi connectivity index (χ0) is 78.9. The van der Waals surface area contributed by atoms with Gasteiger partial charge in [0.1, 0.15) is 47.8 Å². The summed E-state index contributed by atoms with van der Waals surface area (Å²) in [5.41, 5.74) is 2.03. The number of amides is 4. The Morgan fingerprint density at radius 2 is 1.67 bits per heavy atom. The average Bonchev–Trinajstić information content (AvgIpc) is 1.57. The third kappa shape index (κ3) is 22.2. The Bertz CT molecular complexity index is 3810. The number of hydrazone groups is 1. The highest BCUT2D eigenvalue weighted by Crippen LogP contribution is 2.50. The first-order valence-electron chi connectivity index (χ1n) is 34.9. The summed E-state index contributed by atoms with van der Waals surface area (Å²) in [4.78, 5) is 87.9. The van der Waals surface area contributed by atoms with Gasteiger partial charge in [0.15, 0.2) is 48.0 Å². The smallest absolute Gasteiger partial charge is 0.411 e. The van der Waals surface area contributed by atoms with Crippen LogP contribution < -0.4 is 40.5 Å². The number of nitrogens with zero attached hydrogens (tertiary/aromatic N) is 2. The first-order valence-corrected chi connectivity index (χ1v) is 39.2. The first-order chi connectivity index (χ1) is 51.4. The monoisotopic (exact) mass is 1680 g/mol. The number of likely N-dealkylation sites (N-methyl/N-ethyl adjacent to an activating group) is 1. The molecule has 2 aliphatic carbocycles. The number of halogens is 1. The highest BCUT2D eigenvalue weighted by molar-refractivity contribution is 14.1. The van der Waals surface area contributed by atoms with E-state index in [0.29, 0.717) is 45.3 Å². The van der Waals surface area contributed by atoms with Crippen LogP contribution in [0, 0.1) is 34.2 Å². The van der Waals surface area contributed by atoms with Crippen LogP contribution in [0.15, 0.2) is 64.4 Å². The molecule has 0 radical (unpaired) electrons. The third-order valence-electron chi connectivity index (χ3n) is 18.4. The molecule has 0 spiro atoms. The van der Waals surface area contributed by atoms with Gasteiger partial charge in [0.05, 0.1) is 91.8 Å². The highest BCUT2D eigenvalue weighted by atomic mass is 127. The van der Waals surface area contributed by atoms with E-state index >= 15 is 0 Å². The number of ketones is 1. The molecule has 4 amide bonds. The number of methoxy groups -OCH3 is 5. The Morgan fingerprint density at radius 3 is 2.32 bits per heavy atom. The number of ether oxygens (including phenoxy) is 14. The van der Waals surface area contributed by atoms with Crippen LogP contribution in [0.5, 0.6) is 23.0 Å². The maximum atomic E-state index is 14.5. The number of hydroxylamine groups is 1. The van der Waals surface area contributed by atoms with Gasteiger partial charge >= 0.3 is 6.09 Å². The van der Waals surface area contributed by atoms with Crippen molar-refractivity contribution >= 4 is 96.4 Å². The van der Waals surface area contributed by atoms with Gasteiger partial charge in [-0.25, -0.2) is 10.2 Å². The lowest BCUT2D eigenvalue weighted by molar-refractivity contribution is -0.338. The van der Waals surface area contributed by atoms with E-state index < -0.39 is 131 Å². The van der Waals surface area contributed by atoms with Crippen molar-refractivity contribution in [2.24, 2.45) is 5.10 Å². The zero-order valence-electron chi connectivity index (χ0n) is 62.8. The Hall–Kier alpha value is -6.15. The number of Topliss-reactive ketones (excluding diaryl/α,β-unsaturated/α-hetero) is 1. The Labute approximate surface area is 653 Å². The molecule has 6 aliphatic rings. The third-order valence-corrected chi connectivity index (χ3v) is 23.9. The van der Waals surface area contributed by atoms with Gasteiger partial charge in [-0.05, 0) is 137 Å². The van der Waals surface area contributed by atoms with E-state index in [9.17, 15) is 49.2 Å². The number of carbonyl (C=O) groups excluding carboxylic acids is 6. The fraction of sp³-hybridized carbons (Fsp3) is 0.603. The molecule has 4 heterocycles. The van der Waals surface area contributed by atoms with Gasteiger partial charge in [0.25, 0.3) is 0 Å². The number of allylic oxidation sites excluding steroid dienone is 3. The number of epoxide rings is 1. The summed E-state index contributed by atoms with van der Waals surface area (Å²) in [6.45, 7) is 16.1. The summed E-state index contributed by atoms with van der Waals surface area (Å²) >= 11 is 2.52. The largest absolute Gasteiger partial charge is 0.493 e. The minimum Gasteiger partial charge on any atom is -0.493 e. The summed E-state index contributed by atoms with van der Waals surface area (Å²) < 4.78 is 83.9. The van der Waals surface area contributed by atoms with Crippen LogP contribution in [-0.4, -0.2) is 248 Å². The molecule has 15 unspecified atom stereocenters. The standard InChI is InChI=1S/C73H97IN6O25S3/c1-16-50(98-41(6)65(87)107-66(88)52-38(3)54(74)60(63(93-13)59(52)91-11)102-67-58(86)61(92-12)64-69(103-64)104-67)105-79-55-40(5)99-68(62(57(55)85)101-51-36-72(95-15,30-32-97-51)37-80(17-2)42(7)81)100-47-22-20-18-19-21-29-73(90)34-46(82)56(76-70(89)94-14)53(47)45(73)28-33-106-108-71(8,9)35-49(84)78-77-39(4)43-23-25-44(26-24-43)96-31-27-48(83)75-10/h18-19,23-26,28,40-41,47,50-51,55,57-58,61-62,64-65,67-69,79,85-87,90H,16-17,27,30-37H2,1-15H3,(H,75,83)(H,76,89)(H,78,84)/b19-18-,45-28+,77-39?/t40?,41?,47-,50?,51?,55?,57?,58?,61?,62?,64?,65?,67?,68?,69?,72?,73-/m0/s1. The second-order valence-electron chi connectivity index (χ2n) is 26.4. The molecular formula is C73H97IN6O25S3. The van der Waals surface area contributed by atoms with E-state index in [1.54, 1.807) is 70.0 Å². The molecule has 4 aliphatic heterocycles. The predicted octanol–water partition coefficient (Wildman–Crippen LogP) is 5.36. The Morgan fingerprint density at radius 1 is 0.944 bits per heavy atom. The molecule has 8 N–H and O–H groups in total. The summed E-state index contributed by atoms with van der Waals surface area (Å²) in [7, 11) is 11.0. The SMILES string of the molecule is CCC(ONC1C(C)OC(O[C@H]2C#C/C=C\C#C[C@]3(O)CC(=O)C(NC(=O)OC)=C2/C3=C\CSSC(C)(C)CC(=O)NN=C(C)c2ccc(OCCC(=O)NC)cc2)C(OC2CC(CN(CC)C(C)=O)(OC)CCO2)C1O)OC(C)C(O)SC(=O)c1c(C)c(I)c(OC2OC3OC3C(OC)C2O)c(OC)c1OC. The van der Waals surface area contributed by atoms with Crippen molar-refractivity contribution in [3.63, 3.8) is 0 Å². The van der Waals surface area contributed by atoms with Crippen LogP contribution in [0.4, 0.5) is 4.79 Å². The molecule has 594 valence electrons. The van der Waals surface area contributed by atoms with Crippen LogP contribution in [0.25, 0.3) is 0 Å². The first kappa shape index (κ1) is 87.4. The van der Waals surface area contributed by atoms with Crippen molar-refractivity contribution in [1.82, 2.24) is 26.4 Å². The number of hydrogen-bond donors (Lipinski definition) is 8. The minimum absolute atomic E-state index is 0.0134. The topological polar surface area (TPSA) is 389 Å². The van der Waals surface area contributed by atoms with Crippen LogP contribution in [0.1, 0.15) is 115 Å². The zero-order valence-corrected chi connectivity index (χ0v) is 67.4. The van der Waals surface area contributed by atoms with Gasteiger partial charge < -0.3 is 97.0 Å². The summed E-state index contributed by atoms with van der Waals surface area (Å²) in [5.74, 6) is 10.8. The number of alkyl carbamates (subject to hydrolysis) is 1. The maximum Gasteiger partial charge on any atom is 0.411 e. The summed E-state index contributed by atoms with van der Waals surface area (Å²) in [5, 5.41) is 57.1. The quantitative estimate of drug-likeness (QED) is 0.00629. The van der Waals surface area contributed by atoms with Crippen molar-refractivity contribution in [3.8, 4) is 46.7 Å². The van der Waals surface area contributed by atoms with Crippen LogP contribution >= 0.6 is 55.9 Å². The maximum absolute atomic E-state index is 14.5. The van der Waals surface area contributed by atoms with E-state index in [1.807, 2.05) is 43.4 Å². The van der Waals surface area contributed by atoms with Crippen molar-refractivity contribution in [3.05, 3.63) is 79.6 Å². The van der Waals surface area contributed by atoms with E-state index in [2.05, 4.69) is 50.3 Å². The molecular weight excluding hydrogens is 1580 g/mol. The molecule has 108 heavy (non-hydrogen) atoms. The fourth-order valence-electron chi connectivity index (χ4n) is 12.4. The molecule has 2 aromatic rings. The molecule has 2 bridgehead atoms. The molecule has 0 saturated carbocycles. The van der Waals surface area contributed by atoms with Gasteiger partial charge in [0.2, 0.25) is 34.9 Å². The number of benzene rings is 2. The number of nitrogens with one attached hydrogen (secondary N) is 4. The second kappa shape index (κ2) is 39.8. The fourth-order valence-corrected chi connectivity index (χ4v) is 16.2. The molecule has 4 saturated heterocycles. The van der Waals surface area contributed by atoms with Gasteiger partial charge in [-0.1, -0.05) is 58.3 Å². The molecule has 0 aromatic heterocycles. The summed E-state index contributed by atoms with van der Waals surface area (Å²) in [6.07, 6.45) is -11.9. The second-order valence-corrected chi connectivity index (χ2v) is 31.6. The molecule has 31 nitrogen and oxygen atoms in total. The number of thioether (sulfide) groups is 1. The van der Waals surface area contributed by atoms with Crippen molar-refractivity contribution in [2.45, 2.75) is 209 Å². The van der Waals surface area contributed by atoms with Crippen molar-refractivity contribution in [1.29, 1.82) is 0 Å². The van der Waals surface area contributed by atoms with Gasteiger partial charge in [-0.15, -0.1) is 0 Å². The molecule has 8 rings (SSSR count). The number of fused-ring (bicyclic) bond motifs is 3. The molecule has 4 fully saturated rings. The van der Waals surface area contributed by atoms with Crippen LogP contribution in [0.2, 0.25) is 0 Å². The van der Waals surface area contributed by atoms with E-state index in [1.165, 1.54) is 76.0 Å². The minimum atomic E-state index is -2.23. The lowest BCUT2D eigenvalue weighted by Crippen LogP contribution is -2.65. The Balaban J connectivity index is 1.02. The van der Waals surface area contributed by atoms with Crippen molar-refractivity contribution in [2.75, 3.05) is 74.7 Å². The van der Waals surface area contributed by atoms with Crippen molar-refractivity contribution < 1.29 is 120 Å². The average molecular weight is 1680 g/mol. The molecule has 35 heteroatoms. The van der Waals surface area contributed by atoms with E-state index in [0.717, 1.165) is 12.7 Å². The predicted molar refractivity (Wildman–Crippen MR) is 405 cm³/mol. The lowest BCUT2D eigenvalue weighted by atomic mass is 9.75. The highest BCUT2D eigenvalue weighted by Gasteiger charge is 2.59. The summed E-state index contributed by atoms with van der Waals surface area (Å²) in [6, 6.07) is 5.86. The van der Waals surface area contributed by atoms with Gasteiger partial charge in [-0.3, -0.25) is 34.1 Å². The lowest BCUT2D eigenvalue weighted by Gasteiger charge is -2.47. The van der Waals surface area contributed by atoms with Gasteiger partial charge in [0, 0.05) is 82.2 Å². The number of hydrogen-bond acceptors (Lipinski definition) is 30.